The van der Waals surface area contributed by atoms with Crippen molar-refractivity contribution in [3.8, 4) is 0 Å². The van der Waals surface area contributed by atoms with Gasteiger partial charge in [-0.3, -0.25) is 9.59 Å². The highest BCUT2D eigenvalue weighted by Crippen LogP contribution is 2.53. The molecule has 3 heterocycles. The molecule has 2 saturated heterocycles. The highest BCUT2D eigenvalue weighted by atomic mass is 79.9. The normalized spacial score (nSPS) is 33.4. The maximum Gasteiger partial charge on any atom is 0.313 e. The molecule has 4 rings (SSSR count). The molecule has 3 aliphatic rings. The minimum absolute atomic E-state index is 0.0838. The van der Waals surface area contributed by atoms with Gasteiger partial charge in [-0.15, -0.1) is 0 Å². The summed E-state index contributed by atoms with van der Waals surface area (Å²) in [6, 6.07) is 7.57. The van der Waals surface area contributed by atoms with Gasteiger partial charge in [0.25, 0.3) is 0 Å². The fraction of sp³-hybridized carbons (Fsp3) is 0.444. The fourth-order valence-electron chi connectivity index (χ4n) is 3.95. The Balaban J connectivity index is 1.69. The van der Waals surface area contributed by atoms with Gasteiger partial charge in [-0.25, -0.2) is 0 Å². The molecule has 4 atom stereocenters. The van der Waals surface area contributed by atoms with Crippen LogP contribution in [0.25, 0.3) is 0 Å². The lowest BCUT2D eigenvalue weighted by Gasteiger charge is -2.23. The van der Waals surface area contributed by atoms with Crippen LogP contribution in [0.15, 0.2) is 40.9 Å². The summed E-state index contributed by atoms with van der Waals surface area (Å²) in [5, 5.41) is 0. The van der Waals surface area contributed by atoms with E-state index < -0.39 is 17.4 Å². The number of fused-ring (bicyclic) bond motifs is 1. The van der Waals surface area contributed by atoms with Gasteiger partial charge in [0, 0.05) is 4.47 Å². The Morgan fingerprint density at radius 3 is 2.88 bits per heavy atom. The molecule has 5 nitrogen and oxygen atoms in total. The summed E-state index contributed by atoms with van der Waals surface area (Å²) in [6.45, 7) is 4.03. The van der Waals surface area contributed by atoms with E-state index in [-0.39, 0.29) is 24.1 Å². The van der Waals surface area contributed by atoms with E-state index in [1.54, 1.807) is 18.7 Å². The zero-order valence-corrected chi connectivity index (χ0v) is 15.0. The van der Waals surface area contributed by atoms with Gasteiger partial charge in [0.15, 0.2) is 0 Å². The Labute approximate surface area is 148 Å². The van der Waals surface area contributed by atoms with Crippen molar-refractivity contribution < 1.29 is 19.1 Å². The predicted octanol–water partition coefficient (Wildman–Crippen LogP) is 2.69. The molecule has 1 aromatic rings. The molecule has 126 valence electrons. The van der Waals surface area contributed by atoms with E-state index in [4.69, 9.17) is 9.47 Å². The molecule has 0 radical (unpaired) electrons. The molecule has 6 heteroatoms. The van der Waals surface area contributed by atoms with Crippen LogP contribution in [-0.2, 0) is 19.1 Å². The number of carbonyl (C=O) groups is 2. The molecular formula is C18H18BrNO4. The Kier molecular flexibility index (Phi) is 3.58. The van der Waals surface area contributed by atoms with Crippen LogP contribution in [0.5, 0.6) is 0 Å². The minimum atomic E-state index is -0.725. The molecular weight excluding hydrogens is 374 g/mol. The molecule has 0 unspecified atom stereocenters. The fourth-order valence-corrected chi connectivity index (χ4v) is 4.45. The zero-order chi connectivity index (χ0) is 17.1. The van der Waals surface area contributed by atoms with Crippen LogP contribution in [0, 0.1) is 11.8 Å². The van der Waals surface area contributed by atoms with Gasteiger partial charge in [0.1, 0.15) is 11.5 Å². The summed E-state index contributed by atoms with van der Waals surface area (Å²) < 4.78 is 12.3. The van der Waals surface area contributed by atoms with Gasteiger partial charge in [-0.2, -0.15) is 0 Å². The van der Waals surface area contributed by atoms with Crippen molar-refractivity contribution in [1.29, 1.82) is 0 Å². The van der Waals surface area contributed by atoms with Crippen molar-refractivity contribution in [2.45, 2.75) is 31.7 Å². The van der Waals surface area contributed by atoms with E-state index in [0.717, 1.165) is 10.2 Å². The number of ether oxygens (including phenoxy) is 2. The number of halogens is 1. The first-order chi connectivity index (χ1) is 11.4. The summed E-state index contributed by atoms with van der Waals surface area (Å²) in [5.74, 6) is -1.53. The van der Waals surface area contributed by atoms with Crippen LogP contribution < -0.4 is 4.90 Å². The maximum atomic E-state index is 13.1. The number of esters is 1. The molecule has 3 aliphatic heterocycles. The molecule has 0 aromatic heterocycles. The van der Waals surface area contributed by atoms with E-state index in [0.29, 0.717) is 6.54 Å². The number of para-hydroxylation sites is 1. The van der Waals surface area contributed by atoms with Crippen molar-refractivity contribution >= 4 is 33.5 Å². The average Bonchev–Trinajstić information content (AvgIpc) is 3.15. The minimum Gasteiger partial charge on any atom is -0.463 e. The summed E-state index contributed by atoms with van der Waals surface area (Å²) >= 11 is 3.50. The summed E-state index contributed by atoms with van der Waals surface area (Å²) in [5.41, 5.74) is 0.0697. The van der Waals surface area contributed by atoms with Crippen LogP contribution in [0.1, 0.15) is 13.8 Å². The Morgan fingerprint density at radius 1 is 1.42 bits per heavy atom. The van der Waals surface area contributed by atoms with Crippen molar-refractivity contribution in [2.24, 2.45) is 11.8 Å². The molecule has 1 aromatic carbocycles. The number of hydrogen-bond acceptors (Lipinski definition) is 4. The van der Waals surface area contributed by atoms with Crippen molar-refractivity contribution in [3.05, 3.63) is 40.9 Å². The third-order valence-corrected chi connectivity index (χ3v) is 5.54. The first-order valence-electron chi connectivity index (χ1n) is 8.06. The van der Waals surface area contributed by atoms with Gasteiger partial charge in [0.2, 0.25) is 5.91 Å². The third-order valence-electron chi connectivity index (χ3n) is 4.87. The quantitative estimate of drug-likeness (QED) is 0.587. The molecule has 0 saturated carbocycles. The highest BCUT2D eigenvalue weighted by molar-refractivity contribution is 9.10. The van der Waals surface area contributed by atoms with Crippen LogP contribution in [-0.4, -0.2) is 36.2 Å². The number of anilines is 1. The van der Waals surface area contributed by atoms with Crippen molar-refractivity contribution in [2.75, 3.05) is 11.4 Å². The van der Waals surface area contributed by atoms with Gasteiger partial charge < -0.3 is 14.4 Å². The second-order valence-corrected chi connectivity index (χ2v) is 7.62. The first-order valence-corrected chi connectivity index (χ1v) is 8.86. The monoisotopic (exact) mass is 391 g/mol. The van der Waals surface area contributed by atoms with Gasteiger partial charge >= 0.3 is 5.97 Å². The molecule has 1 spiro atoms. The topological polar surface area (TPSA) is 55.8 Å². The van der Waals surface area contributed by atoms with Gasteiger partial charge in [-0.1, -0.05) is 24.3 Å². The van der Waals surface area contributed by atoms with Crippen LogP contribution in [0.2, 0.25) is 0 Å². The average molecular weight is 392 g/mol. The number of benzene rings is 1. The number of rotatable bonds is 3. The lowest BCUT2D eigenvalue weighted by Crippen LogP contribution is -2.40. The van der Waals surface area contributed by atoms with E-state index in [1.165, 1.54) is 0 Å². The van der Waals surface area contributed by atoms with Crippen molar-refractivity contribution in [3.63, 3.8) is 0 Å². The largest absolute Gasteiger partial charge is 0.463 e. The van der Waals surface area contributed by atoms with E-state index in [9.17, 15) is 9.59 Å². The molecule has 0 aliphatic carbocycles. The Morgan fingerprint density at radius 2 is 2.17 bits per heavy atom. The second kappa shape index (κ2) is 5.43. The Hall–Kier alpha value is -1.66. The lowest BCUT2D eigenvalue weighted by molar-refractivity contribution is -0.156. The molecule has 24 heavy (non-hydrogen) atoms. The van der Waals surface area contributed by atoms with Gasteiger partial charge in [0.05, 0.1) is 30.4 Å². The summed E-state index contributed by atoms with van der Waals surface area (Å²) in [7, 11) is 0. The van der Waals surface area contributed by atoms with Crippen molar-refractivity contribution in [1.82, 2.24) is 0 Å². The second-order valence-electron chi connectivity index (χ2n) is 6.76. The molecule has 2 fully saturated rings. The smallest absolute Gasteiger partial charge is 0.313 e. The third kappa shape index (κ3) is 2.16. The molecule has 1 amide bonds. The Bertz CT molecular complexity index is 746. The first kappa shape index (κ1) is 15.8. The highest BCUT2D eigenvalue weighted by Gasteiger charge is 2.67. The zero-order valence-electron chi connectivity index (χ0n) is 13.4. The maximum absolute atomic E-state index is 13.1. The number of carbonyl (C=O) groups excluding carboxylic acids is 2. The van der Waals surface area contributed by atoms with Crippen LogP contribution >= 0.6 is 15.9 Å². The molecule has 2 bridgehead atoms. The standard InChI is InChI=1S/C18H18BrNO4/c1-10(2)23-17(22)14-13-7-8-18(24-13)9-20(16(21)15(14)18)12-6-4-3-5-11(12)19/h3-8,10,13-15H,9H2,1-2H3/t13-,14-,15-,18+/m1/s1. The summed E-state index contributed by atoms with van der Waals surface area (Å²) in [4.78, 5) is 27.3. The number of amides is 1. The predicted molar refractivity (Wildman–Crippen MR) is 91.4 cm³/mol. The van der Waals surface area contributed by atoms with E-state index in [2.05, 4.69) is 15.9 Å². The van der Waals surface area contributed by atoms with Crippen LogP contribution in [0.3, 0.4) is 0 Å². The van der Waals surface area contributed by atoms with E-state index in [1.807, 2.05) is 36.4 Å². The number of nitrogens with zero attached hydrogens (tertiary/aromatic N) is 1. The van der Waals surface area contributed by atoms with Crippen LogP contribution in [0.4, 0.5) is 5.69 Å². The van der Waals surface area contributed by atoms with Gasteiger partial charge in [-0.05, 0) is 41.9 Å². The molecule has 0 N–H and O–H groups in total. The SMILES string of the molecule is CC(C)OC(=O)[C@@H]1[C@H]2C=C[C@@]3(CN(c4ccccc4Br)C(=O)[C@@H]13)O2. The van der Waals surface area contributed by atoms with E-state index >= 15 is 0 Å². The number of hydrogen-bond donors (Lipinski definition) is 0. The summed E-state index contributed by atoms with van der Waals surface area (Å²) in [6.07, 6.45) is 3.24. The lowest BCUT2D eigenvalue weighted by atomic mass is 9.77.